The highest BCUT2D eigenvalue weighted by molar-refractivity contribution is 5.76. The van der Waals surface area contributed by atoms with Gasteiger partial charge in [-0.15, -0.1) is 0 Å². The highest BCUT2D eigenvalue weighted by atomic mass is 19.4. The van der Waals surface area contributed by atoms with Gasteiger partial charge in [0.25, 0.3) is 0 Å². The summed E-state index contributed by atoms with van der Waals surface area (Å²) in [6, 6.07) is 0. The minimum Gasteiger partial charge on any atom is -0.369 e. The van der Waals surface area contributed by atoms with Crippen LogP contribution in [0.1, 0.15) is 6.92 Å². The van der Waals surface area contributed by atoms with Crippen LogP contribution in [0.25, 0.3) is 0 Å². The molecule has 0 radical (unpaired) electrons. The van der Waals surface area contributed by atoms with E-state index in [4.69, 9.17) is 0 Å². The van der Waals surface area contributed by atoms with Gasteiger partial charge in [0, 0.05) is 0 Å². The fourth-order valence-corrected chi connectivity index (χ4v) is 0.161. The lowest BCUT2D eigenvalue weighted by molar-refractivity contribution is -0.176. The van der Waals surface area contributed by atoms with E-state index in [0.29, 0.717) is 0 Å². The van der Waals surface area contributed by atoms with Gasteiger partial charge < -0.3 is 5.73 Å². The number of hydrogen-bond acceptors (Lipinski definition) is 1. The van der Waals surface area contributed by atoms with E-state index in [1.54, 1.807) is 0 Å². The first-order valence-electron chi connectivity index (χ1n) is 2.21. The molecule has 0 bridgehead atoms. The minimum atomic E-state index is -4.49. The molecule has 9 heavy (non-hydrogen) atoms. The second kappa shape index (κ2) is 2.24. The van der Waals surface area contributed by atoms with E-state index in [0.717, 1.165) is 6.92 Å². The molecule has 0 aromatic rings. The molecule has 1 atom stereocenters. The van der Waals surface area contributed by atoms with Crippen LogP contribution in [0, 0.1) is 5.92 Å². The number of carbonyl (C=O) groups is 1. The lowest BCUT2D eigenvalue weighted by Crippen LogP contribution is -2.32. The number of amides is 1. The van der Waals surface area contributed by atoms with Crippen LogP contribution in [0.4, 0.5) is 13.2 Å². The molecule has 0 saturated heterocycles. The first-order valence-corrected chi connectivity index (χ1v) is 2.21. The fourth-order valence-electron chi connectivity index (χ4n) is 0.161. The molecular formula is C4H6F3NO. The van der Waals surface area contributed by atoms with Gasteiger partial charge >= 0.3 is 6.18 Å². The summed E-state index contributed by atoms with van der Waals surface area (Å²) in [4.78, 5) is 9.85. The molecule has 2 nitrogen and oxygen atoms in total. The molecule has 0 fully saturated rings. The van der Waals surface area contributed by atoms with E-state index in [1.165, 1.54) is 0 Å². The summed E-state index contributed by atoms with van der Waals surface area (Å²) in [5, 5.41) is 0. The molecule has 5 heteroatoms. The van der Waals surface area contributed by atoms with Crippen LogP contribution in [0.3, 0.4) is 0 Å². The van der Waals surface area contributed by atoms with Crippen LogP contribution in [0.5, 0.6) is 0 Å². The van der Waals surface area contributed by atoms with Crippen molar-refractivity contribution in [3.63, 3.8) is 0 Å². The van der Waals surface area contributed by atoms with E-state index < -0.39 is 18.0 Å². The van der Waals surface area contributed by atoms with Crippen molar-refractivity contribution < 1.29 is 18.0 Å². The second-order valence-corrected chi connectivity index (χ2v) is 1.67. The Balaban J connectivity index is 4.04. The molecule has 0 aliphatic carbocycles. The largest absolute Gasteiger partial charge is 0.400 e. The molecule has 0 saturated carbocycles. The topological polar surface area (TPSA) is 43.1 Å². The van der Waals surface area contributed by atoms with Crippen molar-refractivity contribution in [3.8, 4) is 0 Å². The Morgan fingerprint density at radius 2 is 1.89 bits per heavy atom. The van der Waals surface area contributed by atoms with E-state index in [1.807, 2.05) is 0 Å². The molecule has 0 aromatic carbocycles. The van der Waals surface area contributed by atoms with Gasteiger partial charge in [0.1, 0.15) is 5.92 Å². The predicted molar refractivity (Wildman–Crippen MR) is 24.4 cm³/mol. The maximum atomic E-state index is 11.4. The third kappa shape index (κ3) is 2.34. The molecule has 54 valence electrons. The summed E-state index contributed by atoms with van der Waals surface area (Å²) in [5.74, 6) is -3.39. The number of hydrogen-bond donors (Lipinski definition) is 1. The van der Waals surface area contributed by atoms with Gasteiger partial charge in [-0.1, -0.05) is 0 Å². The Morgan fingerprint density at radius 3 is 1.89 bits per heavy atom. The standard InChI is InChI=1S/C4H6F3NO/c1-2(3(8)9)4(5,6)7/h2H,1H3,(H2,8,9)/t2-/m0/s1. The van der Waals surface area contributed by atoms with Crippen LogP contribution < -0.4 is 5.73 Å². The predicted octanol–water partition coefficient (Wildman–Crippen LogP) is 0.670. The van der Waals surface area contributed by atoms with Crippen LogP contribution in [-0.4, -0.2) is 12.1 Å². The summed E-state index contributed by atoms with van der Waals surface area (Å²) < 4.78 is 34.2. The molecule has 0 heterocycles. The van der Waals surface area contributed by atoms with Gasteiger partial charge in [-0.25, -0.2) is 0 Å². The normalized spacial score (nSPS) is 15.1. The van der Waals surface area contributed by atoms with Crippen molar-refractivity contribution in [1.29, 1.82) is 0 Å². The van der Waals surface area contributed by atoms with Crippen LogP contribution in [0.15, 0.2) is 0 Å². The minimum absolute atomic E-state index is 0.725. The van der Waals surface area contributed by atoms with E-state index in [-0.39, 0.29) is 0 Å². The van der Waals surface area contributed by atoms with Crippen molar-refractivity contribution in [2.75, 3.05) is 0 Å². The zero-order valence-corrected chi connectivity index (χ0v) is 4.70. The summed E-state index contributed by atoms with van der Waals surface area (Å²) in [6.07, 6.45) is -4.49. The third-order valence-electron chi connectivity index (χ3n) is 0.918. The summed E-state index contributed by atoms with van der Waals surface area (Å²) in [6.45, 7) is 0.725. The van der Waals surface area contributed by atoms with Gasteiger partial charge in [0.2, 0.25) is 5.91 Å². The Labute approximate surface area is 49.8 Å². The molecule has 0 unspecified atom stereocenters. The van der Waals surface area contributed by atoms with Gasteiger partial charge in [0.05, 0.1) is 0 Å². The quantitative estimate of drug-likeness (QED) is 0.573. The maximum absolute atomic E-state index is 11.4. The van der Waals surface area contributed by atoms with Crippen molar-refractivity contribution in [1.82, 2.24) is 0 Å². The van der Waals surface area contributed by atoms with Crippen molar-refractivity contribution in [2.24, 2.45) is 11.7 Å². The van der Waals surface area contributed by atoms with Gasteiger partial charge in [-0.3, -0.25) is 4.79 Å². The lowest BCUT2D eigenvalue weighted by atomic mass is 10.2. The Hall–Kier alpha value is -0.740. The molecular weight excluding hydrogens is 135 g/mol. The first kappa shape index (κ1) is 8.26. The smallest absolute Gasteiger partial charge is 0.369 e. The summed E-state index contributed by atoms with van der Waals surface area (Å²) in [7, 11) is 0. The van der Waals surface area contributed by atoms with Crippen molar-refractivity contribution in [2.45, 2.75) is 13.1 Å². The van der Waals surface area contributed by atoms with E-state index in [9.17, 15) is 18.0 Å². The van der Waals surface area contributed by atoms with Crippen molar-refractivity contribution >= 4 is 5.91 Å². The molecule has 0 aromatic heterocycles. The van der Waals surface area contributed by atoms with Crippen LogP contribution in [0.2, 0.25) is 0 Å². The van der Waals surface area contributed by atoms with E-state index >= 15 is 0 Å². The van der Waals surface area contributed by atoms with Crippen LogP contribution in [-0.2, 0) is 4.79 Å². The molecule has 1 amide bonds. The highest BCUT2D eigenvalue weighted by Gasteiger charge is 2.39. The average molecular weight is 141 g/mol. The summed E-state index contributed by atoms with van der Waals surface area (Å²) >= 11 is 0. The third-order valence-corrected chi connectivity index (χ3v) is 0.918. The van der Waals surface area contributed by atoms with Crippen LogP contribution >= 0.6 is 0 Å². The Morgan fingerprint density at radius 1 is 1.56 bits per heavy atom. The van der Waals surface area contributed by atoms with Gasteiger partial charge in [0.15, 0.2) is 0 Å². The van der Waals surface area contributed by atoms with Gasteiger partial charge in [-0.2, -0.15) is 13.2 Å². The number of halogens is 3. The fraction of sp³-hybridized carbons (Fsp3) is 0.750. The summed E-state index contributed by atoms with van der Waals surface area (Å²) in [5.41, 5.74) is 4.36. The lowest BCUT2D eigenvalue weighted by Gasteiger charge is -2.10. The molecule has 0 aliphatic rings. The molecule has 0 rings (SSSR count). The molecule has 2 N–H and O–H groups in total. The zero-order chi connectivity index (χ0) is 7.65. The second-order valence-electron chi connectivity index (χ2n) is 1.67. The number of alkyl halides is 3. The average Bonchev–Trinajstić information content (AvgIpc) is 1.62. The molecule has 0 spiro atoms. The maximum Gasteiger partial charge on any atom is 0.400 e. The van der Waals surface area contributed by atoms with E-state index in [2.05, 4.69) is 5.73 Å². The number of nitrogens with two attached hydrogens (primary N) is 1. The zero-order valence-electron chi connectivity index (χ0n) is 4.70. The highest BCUT2D eigenvalue weighted by Crippen LogP contribution is 2.24. The number of rotatable bonds is 1. The number of primary amides is 1. The Bertz CT molecular complexity index is 119. The Kier molecular flexibility index (Phi) is 2.06. The number of carbonyl (C=O) groups excluding carboxylic acids is 1. The molecule has 0 aliphatic heterocycles. The SMILES string of the molecule is C[C@@H](C(N)=O)C(F)(F)F. The monoisotopic (exact) mass is 141 g/mol. The first-order chi connectivity index (χ1) is 3.85. The van der Waals surface area contributed by atoms with Gasteiger partial charge in [-0.05, 0) is 6.92 Å². The van der Waals surface area contributed by atoms with Crippen molar-refractivity contribution in [3.05, 3.63) is 0 Å².